The van der Waals surface area contributed by atoms with Gasteiger partial charge >= 0.3 is 0 Å². The summed E-state index contributed by atoms with van der Waals surface area (Å²) >= 11 is 5.92. The fourth-order valence-corrected chi connectivity index (χ4v) is 3.07. The van der Waals surface area contributed by atoms with Crippen molar-refractivity contribution >= 4 is 41.5 Å². The van der Waals surface area contributed by atoms with Crippen molar-refractivity contribution in [3.05, 3.63) is 34.9 Å². The van der Waals surface area contributed by atoms with E-state index in [1.165, 1.54) is 12.8 Å². The van der Waals surface area contributed by atoms with Crippen LogP contribution in [0.5, 0.6) is 0 Å². The zero-order chi connectivity index (χ0) is 17.2. The highest BCUT2D eigenvalue weighted by molar-refractivity contribution is 14.0. The minimum atomic E-state index is 0. The number of aliphatic imine (C=N–C) groups is 1. The number of rotatable bonds is 8. The molecule has 0 radical (unpaired) electrons. The van der Waals surface area contributed by atoms with E-state index >= 15 is 0 Å². The van der Waals surface area contributed by atoms with Crippen LogP contribution in [0, 0.1) is 0 Å². The van der Waals surface area contributed by atoms with Gasteiger partial charge in [0.15, 0.2) is 5.96 Å². The Hall–Kier alpha value is -0.570. The van der Waals surface area contributed by atoms with Crippen LogP contribution < -0.4 is 10.6 Å². The third kappa shape index (κ3) is 8.11. The third-order valence-corrected chi connectivity index (χ3v) is 4.52. The Morgan fingerprint density at radius 1 is 1.32 bits per heavy atom. The van der Waals surface area contributed by atoms with Gasteiger partial charge < -0.3 is 15.4 Å². The van der Waals surface area contributed by atoms with Crippen LogP contribution in [-0.4, -0.2) is 56.8 Å². The highest BCUT2D eigenvalue weighted by Gasteiger charge is 2.23. The third-order valence-electron chi connectivity index (χ3n) is 4.26. The molecule has 5 nitrogen and oxygen atoms in total. The molecule has 0 saturated carbocycles. The van der Waals surface area contributed by atoms with Crippen molar-refractivity contribution in [1.82, 2.24) is 15.5 Å². The van der Waals surface area contributed by atoms with E-state index in [4.69, 9.17) is 16.3 Å². The van der Waals surface area contributed by atoms with Gasteiger partial charge in [0.1, 0.15) is 0 Å². The molecule has 1 aromatic rings. The number of nitrogens with one attached hydrogen (secondary N) is 2. The molecule has 0 amide bonds. The normalized spacial score (nSPS) is 18.0. The molecular formula is C18H30ClIN4O. The number of methoxy groups -OCH3 is 1. The van der Waals surface area contributed by atoms with E-state index in [1.807, 2.05) is 24.3 Å². The summed E-state index contributed by atoms with van der Waals surface area (Å²) in [6.07, 6.45) is 2.49. The van der Waals surface area contributed by atoms with Crippen molar-refractivity contribution in [3.8, 4) is 0 Å². The highest BCUT2D eigenvalue weighted by Crippen LogP contribution is 2.16. The van der Waals surface area contributed by atoms with Crippen LogP contribution in [0.1, 0.15) is 25.3 Å². The summed E-state index contributed by atoms with van der Waals surface area (Å²) in [5, 5.41) is 7.55. The minimum absolute atomic E-state index is 0. The first-order chi connectivity index (χ1) is 11.7. The number of ether oxygens (including phenoxy) is 1. The Kier molecular flexibility index (Phi) is 11.4. The molecule has 1 aliphatic rings. The molecule has 7 heteroatoms. The lowest BCUT2D eigenvalue weighted by Gasteiger charge is -2.25. The first kappa shape index (κ1) is 22.5. The maximum absolute atomic E-state index is 5.92. The molecule has 25 heavy (non-hydrogen) atoms. The molecule has 1 aliphatic heterocycles. The van der Waals surface area contributed by atoms with Crippen molar-refractivity contribution in [3.63, 3.8) is 0 Å². The van der Waals surface area contributed by atoms with Crippen LogP contribution in [0.25, 0.3) is 0 Å². The molecule has 1 aromatic carbocycles. The van der Waals surface area contributed by atoms with Crippen LogP contribution in [0.15, 0.2) is 29.3 Å². The predicted octanol–water partition coefficient (Wildman–Crippen LogP) is 3.12. The zero-order valence-electron chi connectivity index (χ0n) is 15.1. The maximum Gasteiger partial charge on any atom is 0.191 e. The summed E-state index contributed by atoms with van der Waals surface area (Å²) in [6.45, 7) is 7.45. The monoisotopic (exact) mass is 480 g/mol. The minimum Gasteiger partial charge on any atom is -0.383 e. The molecule has 1 saturated heterocycles. The molecule has 1 heterocycles. The fourth-order valence-electron chi connectivity index (χ4n) is 2.95. The smallest absolute Gasteiger partial charge is 0.191 e. The maximum atomic E-state index is 5.92. The zero-order valence-corrected chi connectivity index (χ0v) is 18.2. The lowest BCUT2D eigenvalue weighted by molar-refractivity contribution is 0.141. The summed E-state index contributed by atoms with van der Waals surface area (Å²) < 4.78 is 5.20. The topological polar surface area (TPSA) is 48.9 Å². The van der Waals surface area contributed by atoms with E-state index in [2.05, 4.69) is 27.4 Å². The van der Waals surface area contributed by atoms with Crippen LogP contribution in [0.4, 0.5) is 0 Å². The Labute approximate surface area is 173 Å². The van der Waals surface area contributed by atoms with Crippen molar-refractivity contribution in [2.24, 2.45) is 4.99 Å². The second-order valence-electron chi connectivity index (χ2n) is 6.03. The number of nitrogens with zero attached hydrogens (tertiary/aromatic N) is 2. The van der Waals surface area contributed by atoms with Crippen LogP contribution in [0.3, 0.4) is 0 Å². The van der Waals surface area contributed by atoms with Crippen molar-refractivity contribution in [1.29, 1.82) is 0 Å². The van der Waals surface area contributed by atoms with E-state index in [9.17, 15) is 0 Å². The van der Waals surface area contributed by atoms with Crippen LogP contribution in [-0.2, 0) is 11.3 Å². The van der Waals surface area contributed by atoms with Gasteiger partial charge in [-0.25, -0.2) is 4.99 Å². The lowest BCUT2D eigenvalue weighted by atomic mass is 10.2. The first-order valence-electron chi connectivity index (χ1n) is 8.72. The summed E-state index contributed by atoms with van der Waals surface area (Å²) in [6, 6.07) is 8.38. The van der Waals surface area contributed by atoms with E-state index in [0.717, 1.165) is 49.3 Å². The van der Waals surface area contributed by atoms with Gasteiger partial charge in [-0.15, -0.1) is 24.0 Å². The summed E-state index contributed by atoms with van der Waals surface area (Å²) in [4.78, 5) is 7.17. The molecule has 0 aromatic heterocycles. The number of likely N-dealkylation sites (tertiary alicyclic amines) is 1. The van der Waals surface area contributed by atoms with Gasteiger partial charge in [-0.05, 0) is 44.0 Å². The van der Waals surface area contributed by atoms with Gasteiger partial charge in [0, 0.05) is 37.8 Å². The molecule has 1 unspecified atom stereocenters. The summed E-state index contributed by atoms with van der Waals surface area (Å²) in [5.74, 6) is 0.867. The molecule has 0 spiro atoms. The van der Waals surface area contributed by atoms with E-state index in [1.54, 1.807) is 7.11 Å². The first-order valence-corrected chi connectivity index (χ1v) is 9.10. The summed E-state index contributed by atoms with van der Waals surface area (Å²) in [7, 11) is 1.76. The molecule has 0 aliphatic carbocycles. The van der Waals surface area contributed by atoms with Gasteiger partial charge in [0.05, 0.1) is 13.2 Å². The Morgan fingerprint density at radius 2 is 2.08 bits per heavy atom. The lowest BCUT2D eigenvalue weighted by Crippen LogP contribution is -2.45. The molecule has 0 bridgehead atoms. The number of guanidine groups is 1. The van der Waals surface area contributed by atoms with Crippen LogP contribution in [0.2, 0.25) is 5.02 Å². The molecular weight excluding hydrogens is 451 g/mol. The Bertz CT molecular complexity index is 512. The number of benzene rings is 1. The van der Waals surface area contributed by atoms with E-state index < -0.39 is 0 Å². The van der Waals surface area contributed by atoms with Crippen molar-refractivity contribution in [2.45, 2.75) is 32.4 Å². The van der Waals surface area contributed by atoms with Gasteiger partial charge in [-0.1, -0.05) is 23.7 Å². The average molecular weight is 481 g/mol. The molecule has 142 valence electrons. The quantitative estimate of drug-likeness (QED) is 0.341. The van der Waals surface area contributed by atoms with E-state index in [-0.39, 0.29) is 24.0 Å². The van der Waals surface area contributed by atoms with Crippen LogP contribution >= 0.6 is 35.6 Å². The van der Waals surface area contributed by atoms with Crippen molar-refractivity contribution < 1.29 is 4.74 Å². The number of halogens is 2. The standard InChI is InChI=1S/C18H29ClN4O.HI/c1-3-20-18(21-13-15-6-8-16(19)9-7-15)22-14-17-5-4-10-23(17)11-12-24-2;/h6-9,17H,3-5,10-14H2,1-2H3,(H2,20,21,22);1H. The number of hydrogen-bond donors (Lipinski definition) is 2. The van der Waals surface area contributed by atoms with Gasteiger partial charge in [-0.2, -0.15) is 0 Å². The second kappa shape index (κ2) is 12.7. The molecule has 1 atom stereocenters. The van der Waals surface area contributed by atoms with Gasteiger partial charge in [0.25, 0.3) is 0 Å². The highest BCUT2D eigenvalue weighted by atomic mass is 127. The molecule has 1 fully saturated rings. The largest absolute Gasteiger partial charge is 0.383 e. The Balaban J connectivity index is 0.00000312. The number of hydrogen-bond acceptors (Lipinski definition) is 3. The Morgan fingerprint density at radius 3 is 2.76 bits per heavy atom. The van der Waals surface area contributed by atoms with Crippen molar-refractivity contribution in [2.75, 3.05) is 39.9 Å². The SMILES string of the molecule is CCNC(=NCc1ccc(Cl)cc1)NCC1CCCN1CCOC.I. The van der Waals surface area contributed by atoms with Gasteiger partial charge in [-0.3, -0.25) is 4.90 Å². The average Bonchev–Trinajstić information content (AvgIpc) is 3.04. The molecule has 2 N–H and O–H groups in total. The fraction of sp³-hybridized carbons (Fsp3) is 0.611. The second-order valence-corrected chi connectivity index (χ2v) is 6.46. The van der Waals surface area contributed by atoms with E-state index in [0.29, 0.717) is 12.6 Å². The summed E-state index contributed by atoms with van der Waals surface area (Å²) in [5.41, 5.74) is 1.15. The predicted molar refractivity (Wildman–Crippen MR) is 116 cm³/mol. The molecule has 2 rings (SSSR count). The van der Waals surface area contributed by atoms with Gasteiger partial charge in [0.2, 0.25) is 0 Å².